The first-order chi connectivity index (χ1) is 9.51. The Labute approximate surface area is 122 Å². The molecule has 20 heavy (non-hydrogen) atoms. The van der Waals surface area contributed by atoms with Gasteiger partial charge in [-0.05, 0) is 18.8 Å². The van der Waals surface area contributed by atoms with Gasteiger partial charge in [0.15, 0.2) is 0 Å². The van der Waals surface area contributed by atoms with Crippen LogP contribution >= 0.6 is 0 Å². The highest BCUT2D eigenvalue weighted by Gasteiger charge is 2.14. The second-order valence-corrected chi connectivity index (χ2v) is 5.19. The van der Waals surface area contributed by atoms with Gasteiger partial charge in [0.05, 0.1) is 6.61 Å². The van der Waals surface area contributed by atoms with E-state index in [2.05, 4.69) is 6.92 Å². The number of unbranched alkanes of at least 4 members (excludes halogenated alkanes) is 3. The van der Waals surface area contributed by atoms with E-state index >= 15 is 0 Å². The standard InChI is InChI=1S/C16H28O4/c1-5-7-8-9-12-19-15(17)10-11-16(18)20-14(6-2)13(3)4/h10-11,13-14H,5-9,12H2,1-4H3/b11-10+. The number of carbonyl (C=O) groups is 2. The fourth-order valence-corrected chi connectivity index (χ4v) is 1.77. The number of rotatable bonds is 10. The lowest BCUT2D eigenvalue weighted by Gasteiger charge is -2.18. The normalized spacial score (nSPS) is 12.7. The summed E-state index contributed by atoms with van der Waals surface area (Å²) >= 11 is 0. The van der Waals surface area contributed by atoms with Crippen LogP contribution in [0.2, 0.25) is 0 Å². The molecule has 0 N–H and O–H groups in total. The van der Waals surface area contributed by atoms with Gasteiger partial charge in [0.2, 0.25) is 0 Å². The molecule has 0 fully saturated rings. The Kier molecular flexibility index (Phi) is 10.7. The van der Waals surface area contributed by atoms with Crippen molar-refractivity contribution >= 4 is 11.9 Å². The highest BCUT2D eigenvalue weighted by Crippen LogP contribution is 2.10. The molecule has 0 saturated carbocycles. The Bertz CT molecular complexity index is 308. The molecule has 0 rings (SSSR count). The Morgan fingerprint density at radius 1 is 1.00 bits per heavy atom. The summed E-state index contributed by atoms with van der Waals surface area (Å²) in [6, 6.07) is 0. The van der Waals surface area contributed by atoms with E-state index in [-0.39, 0.29) is 12.0 Å². The summed E-state index contributed by atoms with van der Waals surface area (Å²) in [5.74, 6) is -0.715. The van der Waals surface area contributed by atoms with Gasteiger partial charge in [-0.3, -0.25) is 0 Å². The van der Waals surface area contributed by atoms with Crippen LogP contribution in [0.4, 0.5) is 0 Å². The minimum atomic E-state index is -0.492. The van der Waals surface area contributed by atoms with Gasteiger partial charge in [0.25, 0.3) is 0 Å². The smallest absolute Gasteiger partial charge is 0.331 e. The van der Waals surface area contributed by atoms with E-state index in [0.29, 0.717) is 6.61 Å². The van der Waals surface area contributed by atoms with Gasteiger partial charge < -0.3 is 9.47 Å². The summed E-state index contributed by atoms with van der Waals surface area (Å²) < 4.78 is 10.2. The fraction of sp³-hybridized carbons (Fsp3) is 0.750. The number of hydrogen-bond donors (Lipinski definition) is 0. The number of carbonyl (C=O) groups excluding carboxylic acids is 2. The van der Waals surface area contributed by atoms with Crippen molar-refractivity contribution < 1.29 is 19.1 Å². The Morgan fingerprint density at radius 3 is 2.20 bits per heavy atom. The predicted molar refractivity (Wildman–Crippen MR) is 79.3 cm³/mol. The monoisotopic (exact) mass is 284 g/mol. The van der Waals surface area contributed by atoms with Gasteiger partial charge in [0.1, 0.15) is 6.10 Å². The molecule has 4 heteroatoms. The molecular formula is C16H28O4. The third-order valence-corrected chi connectivity index (χ3v) is 3.01. The molecule has 0 heterocycles. The molecule has 1 unspecified atom stereocenters. The lowest BCUT2D eigenvalue weighted by molar-refractivity contribution is -0.146. The van der Waals surface area contributed by atoms with Gasteiger partial charge >= 0.3 is 11.9 Å². The molecule has 0 bridgehead atoms. The van der Waals surface area contributed by atoms with Crippen LogP contribution in [0.15, 0.2) is 12.2 Å². The maximum atomic E-state index is 11.5. The van der Waals surface area contributed by atoms with Gasteiger partial charge in [-0.25, -0.2) is 9.59 Å². The van der Waals surface area contributed by atoms with Crippen molar-refractivity contribution in [1.29, 1.82) is 0 Å². The molecule has 0 radical (unpaired) electrons. The molecule has 0 aromatic rings. The number of hydrogen-bond acceptors (Lipinski definition) is 4. The third kappa shape index (κ3) is 9.59. The molecule has 0 amide bonds. The van der Waals surface area contributed by atoms with E-state index < -0.39 is 11.9 Å². The van der Waals surface area contributed by atoms with Gasteiger partial charge in [-0.2, -0.15) is 0 Å². The van der Waals surface area contributed by atoms with E-state index in [0.717, 1.165) is 44.3 Å². The van der Waals surface area contributed by atoms with Crippen LogP contribution in [0.3, 0.4) is 0 Å². The quantitative estimate of drug-likeness (QED) is 0.349. The van der Waals surface area contributed by atoms with Gasteiger partial charge in [-0.1, -0.05) is 47.0 Å². The van der Waals surface area contributed by atoms with E-state index in [9.17, 15) is 9.59 Å². The van der Waals surface area contributed by atoms with Crippen molar-refractivity contribution in [1.82, 2.24) is 0 Å². The summed E-state index contributed by atoms with van der Waals surface area (Å²) in [6.07, 6.45) is 7.14. The number of ether oxygens (including phenoxy) is 2. The molecule has 116 valence electrons. The Morgan fingerprint density at radius 2 is 1.65 bits per heavy atom. The van der Waals surface area contributed by atoms with Crippen molar-refractivity contribution in [2.24, 2.45) is 5.92 Å². The van der Waals surface area contributed by atoms with Crippen molar-refractivity contribution in [3.05, 3.63) is 12.2 Å². The van der Waals surface area contributed by atoms with E-state index in [1.165, 1.54) is 0 Å². The summed E-state index contributed by atoms with van der Waals surface area (Å²) in [7, 11) is 0. The molecule has 1 atom stereocenters. The van der Waals surface area contributed by atoms with Crippen molar-refractivity contribution in [3.63, 3.8) is 0 Å². The molecule has 0 aliphatic heterocycles. The van der Waals surface area contributed by atoms with Crippen molar-refractivity contribution in [3.8, 4) is 0 Å². The SMILES string of the molecule is CCCCCCOC(=O)/C=C/C(=O)OC(CC)C(C)C. The minimum absolute atomic E-state index is 0.114. The second kappa shape index (κ2) is 11.5. The molecule has 4 nitrogen and oxygen atoms in total. The van der Waals surface area contributed by atoms with Crippen LogP contribution in [-0.4, -0.2) is 24.6 Å². The zero-order valence-electron chi connectivity index (χ0n) is 13.2. The van der Waals surface area contributed by atoms with E-state index in [4.69, 9.17) is 9.47 Å². The van der Waals surface area contributed by atoms with Crippen LogP contribution < -0.4 is 0 Å². The van der Waals surface area contributed by atoms with Crippen LogP contribution in [0.25, 0.3) is 0 Å². The number of esters is 2. The molecule has 0 saturated heterocycles. The van der Waals surface area contributed by atoms with Crippen LogP contribution in [0.5, 0.6) is 0 Å². The Balaban J connectivity index is 3.91. The summed E-state index contributed by atoms with van der Waals surface area (Å²) in [5, 5.41) is 0. The molecule has 0 aromatic carbocycles. The topological polar surface area (TPSA) is 52.6 Å². The van der Waals surface area contributed by atoms with Crippen LogP contribution in [0, 0.1) is 5.92 Å². The van der Waals surface area contributed by atoms with E-state index in [1.807, 2.05) is 20.8 Å². The highest BCUT2D eigenvalue weighted by atomic mass is 16.5. The molecule has 0 spiro atoms. The predicted octanol–water partition coefficient (Wildman–Crippen LogP) is 3.64. The average Bonchev–Trinajstić information content (AvgIpc) is 2.41. The highest BCUT2D eigenvalue weighted by molar-refractivity contribution is 5.91. The van der Waals surface area contributed by atoms with E-state index in [1.54, 1.807) is 0 Å². The first-order valence-electron chi connectivity index (χ1n) is 7.56. The lowest BCUT2D eigenvalue weighted by atomic mass is 10.1. The fourth-order valence-electron chi connectivity index (χ4n) is 1.77. The lowest BCUT2D eigenvalue weighted by Crippen LogP contribution is -2.21. The van der Waals surface area contributed by atoms with Crippen LogP contribution in [-0.2, 0) is 19.1 Å². The average molecular weight is 284 g/mol. The maximum Gasteiger partial charge on any atom is 0.331 e. The second-order valence-electron chi connectivity index (χ2n) is 5.19. The van der Waals surface area contributed by atoms with Crippen molar-refractivity contribution in [2.45, 2.75) is 65.9 Å². The minimum Gasteiger partial charge on any atom is -0.463 e. The molecular weight excluding hydrogens is 256 g/mol. The summed E-state index contributed by atoms with van der Waals surface area (Å²) in [4.78, 5) is 22.9. The zero-order chi connectivity index (χ0) is 15.4. The molecule has 0 aliphatic rings. The summed E-state index contributed by atoms with van der Waals surface area (Å²) in [6.45, 7) is 8.49. The zero-order valence-corrected chi connectivity index (χ0v) is 13.2. The first-order valence-corrected chi connectivity index (χ1v) is 7.56. The largest absolute Gasteiger partial charge is 0.463 e. The van der Waals surface area contributed by atoms with Gasteiger partial charge in [-0.15, -0.1) is 0 Å². The first kappa shape index (κ1) is 18.7. The maximum absolute atomic E-state index is 11.5. The Hall–Kier alpha value is -1.32. The molecule has 0 aliphatic carbocycles. The summed E-state index contributed by atoms with van der Waals surface area (Å²) in [5.41, 5.74) is 0. The third-order valence-electron chi connectivity index (χ3n) is 3.01. The van der Waals surface area contributed by atoms with Gasteiger partial charge in [0, 0.05) is 12.2 Å². The van der Waals surface area contributed by atoms with Crippen LogP contribution in [0.1, 0.15) is 59.8 Å². The molecule has 0 aromatic heterocycles. The van der Waals surface area contributed by atoms with Crippen molar-refractivity contribution in [2.75, 3.05) is 6.61 Å².